The third-order valence-corrected chi connectivity index (χ3v) is 4.28. The summed E-state index contributed by atoms with van der Waals surface area (Å²) >= 11 is 0. The number of carbonyl (C=O) groups is 1. The van der Waals surface area contributed by atoms with Gasteiger partial charge in [-0.25, -0.2) is 9.79 Å². The van der Waals surface area contributed by atoms with E-state index in [2.05, 4.69) is 4.99 Å². The van der Waals surface area contributed by atoms with Gasteiger partial charge in [-0.2, -0.15) is 0 Å². The summed E-state index contributed by atoms with van der Waals surface area (Å²) in [4.78, 5) is 27.2. The first-order valence-corrected chi connectivity index (χ1v) is 9.19. The number of nitrogens with zero attached hydrogens (tertiary/aromatic N) is 2. The first-order valence-electron chi connectivity index (χ1n) is 9.19. The van der Waals surface area contributed by atoms with Crippen LogP contribution in [0.5, 0.6) is 0 Å². The highest BCUT2D eigenvalue weighted by molar-refractivity contribution is 5.93. The highest BCUT2D eigenvalue weighted by Crippen LogP contribution is 2.27. The van der Waals surface area contributed by atoms with Crippen LogP contribution in [0.2, 0.25) is 0 Å². The SMILES string of the molecule is CCOC(=O)/C(=C/C1=CC=CC2=CC=CC=C1C2)N=Cc1cccc([N+](=O)[O-])c1. The van der Waals surface area contributed by atoms with E-state index in [-0.39, 0.29) is 18.0 Å². The number of ether oxygens (including phenoxy) is 1. The van der Waals surface area contributed by atoms with E-state index in [4.69, 9.17) is 4.74 Å². The molecule has 6 nitrogen and oxygen atoms in total. The molecule has 146 valence electrons. The summed E-state index contributed by atoms with van der Waals surface area (Å²) < 4.78 is 5.14. The van der Waals surface area contributed by atoms with Gasteiger partial charge >= 0.3 is 5.97 Å². The van der Waals surface area contributed by atoms with E-state index >= 15 is 0 Å². The molecule has 2 bridgehead atoms. The zero-order valence-electron chi connectivity index (χ0n) is 15.9. The minimum Gasteiger partial charge on any atom is -0.461 e. The molecular formula is C23H20N2O4. The number of aliphatic imine (C=N–C) groups is 1. The van der Waals surface area contributed by atoms with Crippen LogP contribution >= 0.6 is 0 Å². The number of benzene rings is 1. The summed E-state index contributed by atoms with van der Waals surface area (Å²) in [5.41, 5.74) is 3.69. The van der Waals surface area contributed by atoms with Crippen LogP contribution in [0.1, 0.15) is 18.9 Å². The average Bonchev–Trinajstić information content (AvgIpc) is 3.06. The van der Waals surface area contributed by atoms with Gasteiger partial charge in [0.25, 0.3) is 5.69 Å². The average molecular weight is 388 g/mol. The zero-order chi connectivity index (χ0) is 20.6. The minimum atomic E-state index is -0.552. The van der Waals surface area contributed by atoms with Crippen LogP contribution in [0.15, 0.2) is 100 Å². The molecule has 0 aliphatic heterocycles. The Hall–Kier alpha value is -3.80. The van der Waals surface area contributed by atoms with Crippen LogP contribution in [0, 0.1) is 10.1 Å². The molecule has 2 aliphatic rings. The number of carbonyl (C=O) groups excluding carboxylic acids is 1. The van der Waals surface area contributed by atoms with E-state index in [1.165, 1.54) is 23.9 Å². The fourth-order valence-corrected chi connectivity index (χ4v) is 2.89. The van der Waals surface area contributed by atoms with Crippen LogP contribution in [0.4, 0.5) is 5.69 Å². The largest absolute Gasteiger partial charge is 0.461 e. The maximum Gasteiger partial charge on any atom is 0.356 e. The van der Waals surface area contributed by atoms with Crippen molar-refractivity contribution in [3.8, 4) is 0 Å². The summed E-state index contributed by atoms with van der Waals surface area (Å²) in [7, 11) is 0. The molecule has 29 heavy (non-hydrogen) atoms. The molecular weight excluding hydrogens is 368 g/mol. The Balaban J connectivity index is 1.95. The van der Waals surface area contributed by atoms with Crippen LogP contribution in [0.3, 0.4) is 0 Å². The molecule has 3 rings (SSSR count). The van der Waals surface area contributed by atoms with E-state index in [1.54, 1.807) is 25.1 Å². The fourth-order valence-electron chi connectivity index (χ4n) is 2.89. The van der Waals surface area contributed by atoms with Crippen molar-refractivity contribution >= 4 is 17.9 Å². The lowest BCUT2D eigenvalue weighted by Crippen LogP contribution is -2.07. The predicted octanol–water partition coefficient (Wildman–Crippen LogP) is 4.77. The fraction of sp³-hybridized carbons (Fsp3) is 0.130. The van der Waals surface area contributed by atoms with Crippen LogP contribution in [-0.4, -0.2) is 23.7 Å². The number of allylic oxidation sites excluding steroid dienone is 11. The summed E-state index contributed by atoms with van der Waals surface area (Å²) in [5.74, 6) is -0.552. The lowest BCUT2D eigenvalue weighted by molar-refractivity contribution is -0.384. The maximum absolute atomic E-state index is 12.4. The summed E-state index contributed by atoms with van der Waals surface area (Å²) in [6.45, 7) is 1.95. The molecule has 6 heteroatoms. The molecule has 0 aromatic heterocycles. The number of nitro groups is 1. The first-order chi connectivity index (χ1) is 14.1. The molecule has 1 aromatic carbocycles. The van der Waals surface area contributed by atoms with Crippen LogP contribution < -0.4 is 0 Å². The number of non-ortho nitro benzene ring substituents is 1. The Morgan fingerprint density at radius 1 is 1.24 bits per heavy atom. The number of hydrogen-bond donors (Lipinski definition) is 0. The Morgan fingerprint density at radius 3 is 2.86 bits per heavy atom. The predicted molar refractivity (Wildman–Crippen MR) is 113 cm³/mol. The molecule has 0 amide bonds. The molecule has 0 fully saturated rings. The molecule has 0 heterocycles. The summed E-state index contributed by atoms with van der Waals surface area (Å²) in [6.07, 6.45) is 17.7. The molecule has 0 saturated carbocycles. The minimum absolute atomic E-state index is 0.0399. The van der Waals surface area contributed by atoms with Gasteiger partial charge in [0.15, 0.2) is 0 Å². The lowest BCUT2D eigenvalue weighted by Gasteiger charge is -2.08. The van der Waals surface area contributed by atoms with Crippen molar-refractivity contribution in [1.82, 2.24) is 0 Å². The highest BCUT2D eigenvalue weighted by Gasteiger charge is 2.14. The van der Waals surface area contributed by atoms with Crippen LogP contribution in [0.25, 0.3) is 0 Å². The smallest absolute Gasteiger partial charge is 0.356 e. The standard InChI is InChI=1S/C23H20N2O4/c1-2-29-23(26)22(24-16-18-9-6-12-21(14-18)25(27)28)15-20-11-5-8-17-7-3-4-10-19(20)13-17/h3-12,14-16H,2,13H2,1H3/b22-15-,24-16?. The molecule has 0 atom stereocenters. The van der Waals surface area contributed by atoms with Gasteiger partial charge in [-0.1, -0.05) is 54.7 Å². The monoisotopic (exact) mass is 388 g/mol. The topological polar surface area (TPSA) is 81.8 Å². The van der Waals surface area contributed by atoms with Crippen molar-refractivity contribution < 1.29 is 14.5 Å². The van der Waals surface area contributed by atoms with E-state index in [1.807, 2.05) is 42.5 Å². The lowest BCUT2D eigenvalue weighted by atomic mass is 9.99. The second-order valence-electron chi connectivity index (χ2n) is 6.34. The number of fused-ring (bicyclic) bond motifs is 2. The Morgan fingerprint density at radius 2 is 2.07 bits per heavy atom. The second kappa shape index (κ2) is 9.41. The second-order valence-corrected chi connectivity index (χ2v) is 6.34. The van der Waals surface area contributed by atoms with Crippen LogP contribution in [-0.2, 0) is 9.53 Å². The van der Waals surface area contributed by atoms with E-state index < -0.39 is 10.9 Å². The molecule has 0 saturated heterocycles. The number of rotatable bonds is 6. The van der Waals surface area contributed by atoms with Crippen molar-refractivity contribution in [2.75, 3.05) is 6.61 Å². The molecule has 0 radical (unpaired) electrons. The van der Waals surface area contributed by atoms with Crippen molar-refractivity contribution in [2.24, 2.45) is 4.99 Å². The molecule has 0 unspecified atom stereocenters. The van der Waals surface area contributed by atoms with Gasteiger partial charge in [0.1, 0.15) is 5.70 Å². The third-order valence-electron chi connectivity index (χ3n) is 4.28. The van der Waals surface area contributed by atoms with Crippen molar-refractivity contribution in [3.63, 3.8) is 0 Å². The van der Waals surface area contributed by atoms with Gasteiger partial charge in [-0.15, -0.1) is 0 Å². The van der Waals surface area contributed by atoms with Gasteiger partial charge in [0.05, 0.1) is 11.5 Å². The number of nitro benzene ring substituents is 1. The molecule has 0 N–H and O–H groups in total. The molecule has 1 aromatic rings. The van der Waals surface area contributed by atoms with Gasteiger partial charge < -0.3 is 4.74 Å². The van der Waals surface area contributed by atoms with Gasteiger partial charge in [0, 0.05) is 18.3 Å². The van der Waals surface area contributed by atoms with Crippen molar-refractivity contribution in [3.05, 3.63) is 111 Å². The molecule has 0 spiro atoms. The third kappa shape index (κ3) is 5.35. The van der Waals surface area contributed by atoms with Gasteiger partial charge in [-0.3, -0.25) is 10.1 Å². The quantitative estimate of drug-likeness (QED) is 0.231. The highest BCUT2D eigenvalue weighted by atomic mass is 16.6. The maximum atomic E-state index is 12.4. The zero-order valence-corrected chi connectivity index (χ0v) is 15.9. The summed E-state index contributed by atoms with van der Waals surface area (Å²) in [6, 6.07) is 6.06. The van der Waals surface area contributed by atoms with Crippen molar-refractivity contribution in [2.45, 2.75) is 13.3 Å². The Labute approximate surface area is 168 Å². The molecule has 2 aliphatic carbocycles. The summed E-state index contributed by atoms with van der Waals surface area (Å²) in [5, 5.41) is 11.0. The number of hydrogen-bond acceptors (Lipinski definition) is 5. The Bertz CT molecular complexity index is 1040. The van der Waals surface area contributed by atoms with Crippen molar-refractivity contribution in [1.29, 1.82) is 0 Å². The Kier molecular flexibility index (Phi) is 6.47. The normalized spacial score (nSPS) is 15.9. The van der Waals surface area contributed by atoms with E-state index in [0.717, 1.165) is 17.6 Å². The van der Waals surface area contributed by atoms with E-state index in [0.29, 0.717) is 5.56 Å². The number of esters is 1. The van der Waals surface area contributed by atoms with E-state index in [9.17, 15) is 14.9 Å². The first kappa shape index (κ1) is 19.9. The van der Waals surface area contributed by atoms with Gasteiger partial charge in [0.2, 0.25) is 0 Å². The van der Waals surface area contributed by atoms with Gasteiger partial charge in [-0.05, 0) is 41.7 Å².